The maximum Gasteiger partial charge on any atom is 0.217 e. The number of aromatic amines is 1. The molecule has 0 saturated carbocycles. The van der Waals surface area contributed by atoms with E-state index in [1.807, 2.05) is 19.1 Å². The average molecular weight is 476 g/mol. The first-order valence-electron chi connectivity index (χ1n) is 11.2. The van der Waals surface area contributed by atoms with Crippen molar-refractivity contribution in [1.29, 1.82) is 0 Å². The maximum absolute atomic E-state index is 13.6. The smallest absolute Gasteiger partial charge is 0.217 e. The van der Waals surface area contributed by atoms with Crippen LogP contribution in [-0.4, -0.2) is 44.7 Å². The number of pyridine rings is 1. The molecule has 1 fully saturated rings. The van der Waals surface area contributed by atoms with Crippen molar-refractivity contribution < 1.29 is 13.9 Å². The molecule has 180 valence electrons. The molecule has 10 heteroatoms. The Balaban J connectivity index is 1.53. The van der Waals surface area contributed by atoms with Gasteiger partial charge in [-0.05, 0) is 48.0 Å². The highest BCUT2D eigenvalue weighted by molar-refractivity contribution is 5.76. The molecule has 4 aromatic rings. The summed E-state index contributed by atoms with van der Waals surface area (Å²) in [4.78, 5) is 21.2. The molecule has 1 aliphatic rings. The highest BCUT2D eigenvalue weighted by Crippen LogP contribution is 2.35. The molecular formula is C25H26FN7O2. The lowest BCUT2D eigenvalue weighted by Crippen LogP contribution is -2.42. The molecule has 0 bridgehead atoms. The number of hydrogen-bond donors (Lipinski definition) is 3. The lowest BCUT2D eigenvalue weighted by Gasteiger charge is -2.35. The number of rotatable bonds is 6. The first kappa shape index (κ1) is 23.2. The molecule has 35 heavy (non-hydrogen) atoms. The molecule has 1 unspecified atom stereocenters. The van der Waals surface area contributed by atoms with E-state index in [0.29, 0.717) is 54.1 Å². The molecule has 4 heterocycles. The average Bonchev–Trinajstić information content (AvgIpc) is 3.35. The number of ether oxygens (including phenoxy) is 2. The minimum atomic E-state index is -0.692. The zero-order valence-electron chi connectivity index (χ0n) is 19.2. The van der Waals surface area contributed by atoms with Crippen molar-refractivity contribution in [3.63, 3.8) is 0 Å². The number of nitrogens with zero attached hydrogens (tertiary/aromatic N) is 4. The van der Waals surface area contributed by atoms with Crippen LogP contribution in [0.1, 0.15) is 36.5 Å². The molecule has 0 radical (unpaired) electrons. The molecule has 9 nitrogen and oxygen atoms in total. The summed E-state index contributed by atoms with van der Waals surface area (Å²) in [5, 5.41) is 0. The van der Waals surface area contributed by atoms with Crippen molar-refractivity contribution in [2.75, 3.05) is 19.8 Å². The molecule has 1 saturated heterocycles. The topological polar surface area (TPSA) is 138 Å². The third-order valence-electron chi connectivity index (χ3n) is 6.00. The highest BCUT2D eigenvalue weighted by atomic mass is 19.1. The third-order valence-corrected chi connectivity index (χ3v) is 6.00. The van der Waals surface area contributed by atoms with Gasteiger partial charge in [0, 0.05) is 36.1 Å². The summed E-state index contributed by atoms with van der Waals surface area (Å²) in [6, 6.07) is 11.0. The number of halogens is 1. The largest absolute Gasteiger partial charge is 0.345 e. The number of benzene rings is 1. The Hall–Kier alpha value is -3.57. The lowest BCUT2D eigenvalue weighted by atomic mass is 9.93. The quantitative estimate of drug-likeness (QED) is 0.387. The Labute approximate surface area is 201 Å². The standard InChI is InChI=1S/C25H26FN7O2/c1-25(12-27)13-34-24(35-14-25)23-32-20(16-2-4-17(26)5-3-16)21(33-23)18-8-11-30-22(31-18)19(28)15-6-9-29-10-7-15/h2-11,19,24H,12-14,27-28H2,1H3,(H,32,33). The lowest BCUT2D eigenvalue weighted by molar-refractivity contribution is -0.231. The second-order valence-electron chi connectivity index (χ2n) is 8.88. The predicted molar refractivity (Wildman–Crippen MR) is 127 cm³/mol. The number of nitrogens with one attached hydrogen (secondary N) is 1. The van der Waals surface area contributed by atoms with Gasteiger partial charge in [0.15, 0.2) is 5.82 Å². The first-order chi connectivity index (χ1) is 17.0. The van der Waals surface area contributed by atoms with Crippen LogP contribution in [0.2, 0.25) is 0 Å². The Morgan fingerprint density at radius 2 is 1.77 bits per heavy atom. The molecular weight excluding hydrogens is 449 g/mol. The van der Waals surface area contributed by atoms with Gasteiger partial charge in [0.2, 0.25) is 6.29 Å². The van der Waals surface area contributed by atoms with E-state index in [2.05, 4.69) is 15.0 Å². The molecule has 1 atom stereocenters. The number of imidazole rings is 1. The van der Waals surface area contributed by atoms with Crippen molar-refractivity contribution in [3.05, 3.63) is 84.1 Å². The predicted octanol–water partition coefficient (Wildman–Crippen LogP) is 3.13. The number of nitrogens with two attached hydrogens (primary N) is 2. The molecule has 1 aromatic carbocycles. The van der Waals surface area contributed by atoms with Crippen LogP contribution in [0, 0.1) is 11.2 Å². The minimum Gasteiger partial charge on any atom is -0.345 e. The van der Waals surface area contributed by atoms with Gasteiger partial charge in [-0.25, -0.2) is 19.3 Å². The Morgan fingerprint density at radius 1 is 1.06 bits per heavy atom. The summed E-state index contributed by atoms with van der Waals surface area (Å²) in [6.45, 7) is 3.34. The van der Waals surface area contributed by atoms with Gasteiger partial charge in [0.1, 0.15) is 11.6 Å². The highest BCUT2D eigenvalue weighted by Gasteiger charge is 2.34. The second-order valence-corrected chi connectivity index (χ2v) is 8.88. The van der Waals surface area contributed by atoms with Crippen LogP contribution in [0.3, 0.4) is 0 Å². The van der Waals surface area contributed by atoms with E-state index >= 15 is 0 Å². The van der Waals surface area contributed by atoms with Gasteiger partial charge in [-0.3, -0.25) is 4.98 Å². The monoisotopic (exact) mass is 475 g/mol. The minimum absolute atomic E-state index is 0.254. The zero-order valence-corrected chi connectivity index (χ0v) is 19.2. The van der Waals surface area contributed by atoms with Crippen molar-refractivity contribution in [3.8, 4) is 22.6 Å². The van der Waals surface area contributed by atoms with Crippen molar-refractivity contribution in [1.82, 2.24) is 24.9 Å². The van der Waals surface area contributed by atoms with Crippen LogP contribution < -0.4 is 11.5 Å². The van der Waals surface area contributed by atoms with Crippen molar-refractivity contribution in [2.24, 2.45) is 16.9 Å². The molecule has 1 aliphatic heterocycles. The third kappa shape index (κ3) is 4.82. The van der Waals surface area contributed by atoms with Gasteiger partial charge in [0.05, 0.1) is 36.3 Å². The molecule has 0 spiro atoms. The molecule has 3 aromatic heterocycles. The number of aromatic nitrogens is 5. The van der Waals surface area contributed by atoms with E-state index in [0.717, 1.165) is 5.56 Å². The van der Waals surface area contributed by atoms with E-state index < -0.39 is 12.3 Å². The van der Waals surface area contributed by atoms with Gasteiger partial charge in [0.25, 0.3) is 0 Å². The van der Waals surface area contributed by atoms with Crippen molar-refractivity contribution >= 4 is 0 Å². The Kier molecular flexibility index (Phi) is 6.35. The van der Waals surface area contributed by atoms with Crippen LogP contribution in [-0.2, 0) is 9.47 Å². The fraction of sp³-hybridized carbons (Fsp3) is 0.280. The van der Waals surface area contributed by atoms with Crippen molar-refractivity contribution in [2.45, 2.75) is 19.3 Å². The van der Waals surface area contributed by atoms with Crippen LogP contribution >= 0.6 is 0 Å². The summed E-state index contributed by atoms with van der Waals surface area (Å²) in [6.07, 6.45) is 4.30. The van der Waals surface area contributed by atoms with Gasteiger partial charge in [-0.2, -0.15) is 0 Å². The summed E-state index contributed by atoms with van der Waals surface area (Å²) >= 11 is 0. The normalized spacial score (nSPS) is 21.1. The van der Waals surface area contributed by atoms with Gasteiger partial charge >= 0.3 is 0 Å². The summed E-state index contributed by atoms with van der Waals surface area (Å²) in [5.41, 5.74) is 15.4. The van der Waals surface area contributed by atoms with Gasteiger partial charge in [-0.1, -0.05) is 6.92 Å². The van der Waals surface area contributed by atoms with Gasteiger partial charge in [-0.15, -0.1) is 0 Å². The molecule has 0 amide bonds. The SMILES string of the molecule is CC1(CN)COC(c2nc(-c3ccc(F)cc3)c(-c3ccnc(C(N)c4ccncc4)n3)[nH]2)OC1. The van der Waals surface area contributed by atoms with E-state index in [1.54, 1.807) is 36.8 Å². The summed E-state index contributed by atoms with van der Waals surface area (Å²) < 4.78 is 25.5. The van der Waals surface area contributed by atoms with Crippen LogP contribution in [0.15, 0.2) is 61.1 Å². The number of hydrogen-bond acceptors (Lipinski definition) is 8. The Bertz CT molecular complexity index is 1290. The molecule has 5 rings (SSSR count). The fourth-order valence-corrected chi connectivity index (χ4v) is 3.81. The number of H-pyrrole nitrogens is 1. The summed E-state index contributed by atoms with van der Waals surface area (Å²) in [5.74, 6) is 0.592. The summed E-state index contributed by atoms with van der Waals surface area (Å²) in [7, 11) is 0. The van der Waals surface area contributed by atoms with E-state index in [1.165, 1.54) is 12.1 Å². The van der Waals surface area contributed by atoms with Gasteiger partial charge < -0.3 is 25.9 Å². The van der Waals surface area contributed by atoms with Crippen LogP contribution in [0.5, 0.6) is 0 Å². The fourth-order valence-electron chi connectivity index (χ4n) is 3.81. The van der Waals surface area contributed by atoms with Crippen LogP contribution in [0.4, 0.5) is 4.39 Å². The molecule has 5 N–H and O–H groups in total. The first-order valence-corrected chi connectivity index (χ1v) is 11.2. The maximum atomic E-state index is 13.6. The second kappa shape index (κ2) is 9.59. The van der Waals surface area contributed by atoms with E-state index in [9.17, 15) is 4.39 Å². The van der Waals surface area contributed by atoms with Crippen LogP contribution in [0.25, 0.3) is 22.6 Å². The molecule has 0 aliphatic carbocycles. The van der Waals surface area contributed by atoms with E-state index in [-0.39, 0.29) is 11.2 Å². The Morgan fingerprint density at radius 3 is 2.46 bits per heavy atom. The zero-order chi connectivity index (χ0) is 24.4. The van der Waals surface area contributed by atoms with E-state index in [4.69, 9.17) is 30.9 Å².